The zero-order chi connectivity index (χ0) is 9.26. The molecule has 0 radical (unpaired) electrons. The first-order chi connectivity index (χ1) is 6.27. The fourth-order valence-electron chi connectivity index (χ4n) is 1.37. The lowest BCUT2D eigenvalue weighted by molar-refractivity contribution is -0.117. The van der Waals surface area contributed by atoms with Gasteiger partial charge in [-0.05, 0) is 0 Å². The van der Waals surface area contributed by atoms with E-state index in [1.54, 1.807) is 17.3 Å². The Hall–Kier alpha value is -1.10. The van der Waals surface area contributed by atoms with Gasteiger partial charge < -0.3 is 4.90 Å². The molecule has 2 rings (SSSR count). The largest absolute Gasteiger partial charge is 0.308 e. The first-order valence-corrected chi connectivity index (χ1v) is 4.52. The predicted molar refractivity (Wildman–Crippen MR) is 51.8 cm³/mol. The highest BCUT2D eigenvalue weighted by Crippen LogP contribution is 2.21. The molecule has 1 saturated heterocycles. The molecule has 1 unspecified atom stereocenters. The van der Waals surface area contributed by atoms with Gasteiger partial charge in [0.1, 0.15) is 6.33 Å². The number of anilines is 1. The number of hydrogen-bond donors (Lipinski definition) is 1. The summed E-state index contributed by atoms with van der Waals surface area (Å²) in [5.74, 6) is 0.0924. The number of nitrogens with zero attached hydrogens (tertiary/aromatic N) is 3. The van der Waals surface area contributed by atoms with Gasteiger partial charge in [-0.1, -0.05) is 0 Å². The van der Waals surface area contributed by atoms with Gasteiger partial charge in [-0.2, -0.15) is 12.6 Å². The van der Waals surface area contributed by atoms with Crippen molar-refractivity contribution in [3.63, 3.8) is 0 Å². The number of aromatic nitrogens is 2. The van der Waals surface area contributed by atoms with Gasteiger partial charge in [0.15, 0.2) is 0 Å². The summed E-state index contributed by atoms with van der Waals surface area (Å²) in [4.78, 5) is 20.8. The van der Waals surface area contributed by atoms with E-state index < -0.39 is 0 Å². The smallest absolute Gasteiger partial charge is 0.228 e. The molecule has 0 aromatic carbocycles. The number of rotatable bonds is 1. The lowest BCUT2D eigenvalue weighted by atomic mass is 10.4. The van der Waals surface area contributed by atoms with Crippen molar-refractivity contribution in [3.05, 3.63) is 18.7 Å². The molecule has 68 valence electrons. The fraction of sp³-hybridized carbons (Fsp3) is 0.375. The monoisotopic (exact) mass is 195 g/mol. The van der Waals surface area contributed by atoms with Crippen LogP contribution in [0, 0.1) is 0 Å². The summed E-state index contributed by atoms with van der Waals surface area (Å²) in [5.41, 5.74) is 0.754. The van der Waals surface area contributed by atoms with E-state index in [4.69, 9.17) is 0 Å². The normalized spacial score (nSPS) is 22.4. The first kappa shape index (κ1) is 8.50. The second-order valence-electron chi connectivity index (χ2n) is 2.96. The predicted octanol–water partition coefficient (Wildman–Crippen LogP) is 0.512. The van der Waals surface area contributed by atoms with Crippen LogP contribution in [0.4, 0.5) is 5.69 Å². The third-order valence-corrected chi connectivity index (χ3v) is 2.31. The fourth-order valence-corrected chi connectivity index (χ4v) is 1.69. The van der Waals surface area contributed by atoms with Gasteiger partial charge in [0.05, 0.1) is 18.1 Å². The Morgan fingerprint density at radius 3 is 2.69 bits per heavy atom. The molecule has 0 saturated carbocycles. The number of thiol groups is 1. The molecule has 2 heterocycles. The molecule has 5 heteroatoms. The Bertz CT molecular complexity index is 316. The molecule has 1 amide bonds. The average molecular weight is 195 g/mol. The van der Waals surface area contributed by atoms with E-state index in [0.29, 0.717) is 13.0 Å². The number of hydrogen-bond acceptors (Lipinski definition) is 4. The molecule has 1 atom stereocenters. The van der Waals surface area contributed by atoms with Gasteiger partial charge >= 0.3 is 0 Å². The van der Waals surface area contributed by atoms with Gasteiger partial charge in [0, 0.05) is 18.2 Å². The number of amides is 1. The Labute approximate surface area is 81.4 Å². The Morgan fingerprint density at radius 1 is 1.46 bits per heavy atom. The van der Waals surface area contributed by atoms with Crippen molar-refractivity contribution < 1.29 is 4.79 Å². The minimum Gasteiger partial charge on any atom is -0.308 e. The molecule has 1 aromatic heterocycles. The van der Waals surface area contributed by atoms with Crippen molar-refractivity contribution in [2.75, 3.05) is 11.4 Å². The first-order valence-electron chi connectivity index (χ1n) is 4.01. The summed E-state index contributed by atoms with van der Waals surface area (Å²) in [6.07, 6.45) is 5.22. The van der Waals surface area contributed by atoms with E-state index in [1.165, 1.54) is 6.33 Å². The quantitative estimate of drug-likeness (QED) is 0.664. The second kappa shape index (κ2) is 3.33. The standard InChI is InChI=1S/C8H9N3OS/c12-8-1-7(13)4-11(8)6-2-9-5-10-3-6/h2-3,5,7,13H,1,4H2. The molecule has 0 bridgehead atoms. The maximum absolute atomic E-state index is 11.4. The molecular weight excluding hydrogens is 186 g/mol. The van der Waals surface area contributed by atoms with E-state index in [1.807, 2.05) is 0 Å². The summed E-state index contributed by atoms with van der Waals surface area (Å²) < 4.78 is 0. The highest BCUT2D eigenvalue weighted by atomic mass is 32.1. The molecule has 1 fully saturated rings. The molecule has 0 spiro atoms. The Morgan fingerprint density at radius 2 is 2.15 bits per heavy atom. The van der Waals surface area contributed by atoms with Gasteiger partial charge in [0.2, 0.25) is 5.91 Å². The molecule has 0 N–H and O–H groups in total. The van der Waals surface area contributed by atoms with Crippen LogP contribution in [-0.4, -0.2) is 27.7 Å². The van der Waals surface area contributed by atoms with Crippen molar-refractivity contribution in [1.82, 2.24) is 9.97 Å². The highest BCUT2D eigenvalue weighted by molar-refractivity contribution is 7.81. The molecular formula is C8H9N3OS. The molecule has 13 heavy (non-hydrogen) atoms. The van der Waals surface area contributed by atoms with Crippen LogP contribution < -0.4 is 4.90 Å². The van der Waals surface area contributed by atoms with E-state index in [9.17, 15) is 4.79 Å². The molecule has 1 aliphatic heterocycles. The molecule has 4 nitrogen and oxygen atoms in total. The van der Waals surface area contributed by atoms with Crippen molar-refractivity contribution in [2.45, 2.75) is 11.7 Å². The maximum atomic E-state index is 11.4. The van der Waals surface area contributed by atoms with Crippen LogP contribution in [0.25, 0.3) is 0 Å². The third-order valence-electron chi connectivity index (χ3n) is 1.96. The van der Waals surface area contributed by atoms with Crippen LogP contribution in [-0.2, 0) is 4.79 Å². The number of carbonyl (C=O) groups is 1. The molecule has 1 aromatic rings. The van der Waals surface area contributed by atoms with Gasteiger partial charge in [-0.3, -0.25) is 4.79 Å². The van der Waals surface area contributed by atoms with Crippen LogP contribution in [0.15, 0.2) is 18.7 Å². The van der Waals surface area contributed by atoms with Gasteiger partial charge in [-0.15, -0.1) is 0 Å². The van der Waals surface area contributed by atoms with Crippen LogP contribution in [0.2, 0.25) is 0 Å². The van der Waals surface area contributed by atoms with Gasteiger partial charge in [-0.25, -0.2) is 9.97 Å². The van der Waals surface area contributed by atoms with E-state index >= 15 is 0 Å². The summed E-state index contributed by atoms with van der Waals surface area (Å²) in [6, 6.07) is 0. The SMILES string of the molecule is O=C1CC(S)CN1c1cncnc1. The van der Waals surface area contributed by atoms with Crippen molar-refractivity contribution in [2.24, 2.45) is 0 Å². The van der Waals surface area contributed by atoms with Crippen molar-refractivity contribution in [1.29, 1.82) is 0 Å². The minimum absolute atomic E-state index is 0.0924. The third kappa shape index (κ3) is 1.65. The van der Waals surface area contributed by atoms with Crippen molar-refractivity contribution in [3.8, 4) is 0 Å². The highest BCUT2D eigenvalue weighted by Gasteiger charge is 2.28. The Kier molecular flexibility index (Phi) is 2.18. The van der Waals surface area contributed by atoms with Gasteiger partial charge in [0.25, 0.3) is 0 Å². The zero-order valence-corrected chi connectivity index (χ0v) is 7.82. The van der Waals surface area contributed by atoms with Crippen LogP contribution >= 0.6 is 12.6 Å². The van der Waals surface area contributed by atoms with Crippen LogP contribution in [0.3, 0.4) is 0 Å². The van der Waals surface area contributed by atoms with Crippen molar-refractivity contribution >= 4 is 24.2 Å². The van der Waals surface area contributed by atoms with Crippen LogP contribution in [0.1, 0.15) is 6.42 Å². The zero-order valence-electron chi connectivity index (χ0n) is 6.92. The summed E-state index contributed by atoms with van der Waals surface area (Å²) >= 11 is 4.26. The lowest BCUT2D eigenvalue weighted by Crippen LogP contribution is -2.24. The number of carbonyl (C=O) groups excluding carboxylic acids is 1. The second-order valence-corrected chi connectivity index (χ2v) is 3.69. The molecule has 1 aliphatic rings. The summed E-state index contributed by atoms with van der Waals surface area (Å²) in [7, 11) is 0. The lowest BCUT2D eigenvalue weighted by Gasteiger charge is -2.13. The van der Waals surface area contributed by atoms with E-state index in [2.05, 4.69) is 22.6 Å². The van der Waals surface area contributed by atoms with E-state index in [-0.39, 0.29) is 11.2 Å². The maximum Gasteiger partial charge on any atom is 0.228 e. The topological polar surface area (TPSA) is 46.1 Å². The minimum atomic E-state index is 0.0924. The molecule has 0 aliphatic carbocycles. The summed E-state index contributed by atoms with van der Waals surface area (Å²) in [5, 5.41) is 0.132. The summed E-state index contributed by atoms with van der Waals surface area (Å²) in [6.45, 7) is 0.648. The Balaban J connectivity index is 2.23. The average Bonchev–Trinajstić information content (AvgIpc) is 2.47. The van der Waals surface area contributed by atoms with Crippen LogP contribution in [0.5, 0.6) is 0 Å². The van der Waals surface area contributed by atoms with E-state index in [0.717, 1.165) is 5.69 Å².